The maximum Gasteiger partial charge on any atom is 0.416 e. The third-order valence-electron chi connectivity index (χ3n) is 2.82. The first kappa shape index (κ1) is 13.0. The van der Waals surface area contributed by atoms with Gasteiger partial charge in [0, 0.05) is 0 Å². The second kappa shape index (κ2) is 4.09. The van der Waals surface area contributed by atoms with Crippen LogP contribution in [0.2, 0.25) is 0 Å². The molecule has 1 rings (SSSR count). The van der Waals surface area contributed by atoms with Gasteiger partial charge in [-0.15, -0.1) is 0 Å². The van der Waals surface area contributed by atoms with Gasteiger partial charge in [-0.25, -0.2) is 0 Å². The second-order valence-corrected chi connectivity index (χ2v) is 4.15. The Morgan fingerprint density at radius 3 is 2.19 bits per heavy atom. The van der Waals surface area contributed by atoms with Crippen molar-refractivity contribution >= 4 is 0 Å². The van der Waals surface area contributed by atoms with Crippen molar-refractivity contribution in [3.05, 3.63) is 34.9 Å². The molecule has 1 atom stereocenters. The van der Waals surface area contributed by atoms with Crippen LogP contribution in [0.1, 0.15) is 37.0 Å². The Morgan fingerprint density at radius 2 is 1.81 bits per heavy atom. The molecule has 1 unspecified atom stereocenters. The minimum Gasteiger partial charge on any atom is -0.385 e. The molecule has 0 fully saturated rings. The van der Waals surface area contributed by atoms with Gasteiger partial charge in [-0.2, -0.15) is 13.2 Å². The molecule has 16 heavy (non-hydrogen) atoms. The summed E-state index contributed by atoms with van der Waals surface area (Å²) in [5.74, 6) is 0. The normalized spacial score (nSPS) is 15.9. The fourth-order valence-corrected chi connectivity index (χ4v) is 1.63. The molecule has 1 aromatic carbocycles. The third-order valence-corrected chi connectivity index (χ3v) is 2.82. The van der Waals surface area contributed by atoms with Crippen LogP contribution in [0.3, 0.4) is 0 Å². The molecule has 90 valence electrons. The average Bonchev–Trinajstić information content (AvgIpc) is 2.16. The average molecular weight is 232 g/mol. The third kappa shape index (κ3) is 2.55. The molecular weight excluding hydrogens is 217 g/mol. The second-order valence-electron chi connectivity index (χ2n) is 4.15. The predicted molar refractivity (Wildman–Crippen MR) is 56.0 cm³/mol. The minimum absolute atomic E-state index is 0.458. The Labute approximate surface area is 92.9 Å². The van der Waals surface area contributed by atoms with E-state index in [0.717, 1.165) is 12.1 Å². The van der Waals surface area contributed by atoms with E-state index < -0.39 is 17.3 Å². The Balaban J connectivity index is 3.20. The summed E-state index contributed by atoms with van der Waals surface area (Å²) in [7, 11) is 0. The zero-order valence-corrected chi connectivity index (χ0v) is 9.52. The van der Waals surface area contributed by atoms with Crippen LogP contribution in [0.25, 0.3) is 0 Å². The molecule has 1 aromatic rings. The van der Waals surface area contributed by atoms with E-state index in [-0.39, 0.29) is 0 Å². The Bertz CT molecular complexity index is 380. The Morgan fingerprint density at radius 1 is 1.25 bits per heavy atom. The van der Waals surface area contributed by atoms with E-state index in [1.165, 1.54) is 6.07 Å². The largest absolute Gasteiger partial charge is 0.416 e. The van der Waals surface area contributed by atoms with Gasteiger partial charge in [-0.05, 0) is 43.5 Å². The van der Waals surface area contributed by atoms with Gasteiger partial charge < -0.3 is 5.11 Å². The zero-order chi connectivity index (χ0) is 12.6. The summed E-state index contributed by atoms with van der Waals surface area (Å²) in [5.41, 5.74) is -0.751. The van der Waals surface area contributed by atoms with Gasteiger partial charge in [-0.3, -0.25) is 0 Å². The number of alkyl halides is 3. The SMILES string of the molecule is CCC(C)(O)c1ccc(C(F)(F)F)cc1C. The van der Waals surface area contributed by atoms with Crippen molar-refractivity contribution in [1.82, 2.24) is 0 Å². The lowest BCUT2D eigenvalue weighted by Gasteiger charge is -2.24. The quantitative estimate of drug-likeness (QED) is 0.825. The molecule has 0 amide bonds. The number of hydrogen-bond donors (Lipinski definition) is 1. The fourth-order valence-electron chi connectivity index (χ4n) is 1.63. The molecule has 0 heterocycles. The van der Waals surface area contributed by atoms with Gasteiger partial charge in [-0.1, -0.05) is 13.0 Å². The molecule has 0 bridgehead atoms. The van der Waals surface area contributed by atoms with Crippen LogP contribution in [0.15, 0.2) is 18.2 Å². The molecule has 0 saturated heterocycles. The van der Waals surface area contributed by atoms with Crippen LogP contribution in [0, 0.1) is 6.92 Å². The zero-order valence-electron chi connectivity index (χ0n) is 9.52. The van der Waals surface area contributed by atoms with Gasteiger partial charge in [0.25, 0.3) is 0 Å². The lowest BCUT2D eigenvalue weighted by atomic mass is 9.89. The smallest absolute Gasteiger partial charge is 0.385 e. The van der Waals surface area contributed by atoms with Crippen molar-refractivity contribution < 1.29 is 18.3 Å². The predicted octanol–water partition coefficient (Wildman–Crippen LogP) is 3.63. The molecular formula is C12H15F3O. The summed E-state index contributed by atoms with van der Waals surface area (Å²) in [4.78, 5) is 0. The van der Waals surface area contributed by atoms with Crippen LogP contribution in [0.5, 0.6) is 0 Å². The van der Waals surface area contributed by atoms with Crippen LogP contribution in [-0.2, 0) is 11.8 Å². The van der Waals surface area contributed by atoms with Gasteiger partial charge in [0.2, 0.25) is 0 Å². The minimum atomic E-state index is -4.33. The highest BCUT2D eigenvalue weighted by atomic mass is 19.4. The summed E-state index contributed by atoms with van der Waals surface area (Å²) >= 11 is 0. The van der Waals surface area contributed by atoms with Crippen LogP contribution >= 0.6 is 0 Å². The molecule has 0 aliphatic rings. The topological polar surface area (TPSA) is 20.2 Å². The highest BCUT2D eigenvalue weighted by Crippen LogP contribution is 2.33. The lowest BCUT2D eigenvalue weighted by Crippen LogP contribution is -2.21. The van der Waals surface area contributed by atoms with Crippen molar-refractivity contribution in [1.29, 1.82) is 0 Å². The molecule has 1 N–H and O–H groups in total. The summed E-state index contributed by atoms with van der Waals surface area (Å²) in [6.07, 6.45) is -3.87. The van der Waals surface area contributed by atoms with Gasteiger partial charge in [0.15, 0.2) is 0 Å². The maximum absolute atomic E-state index is 12.4. The molecule has 0 radical (unpaired) electrons. The number of benzene rings is 1. The fraction of sp³-hybridized carbons (Fsp3) is 0.500. The van der Waals surface area contributed by atoms with E-state index in [9.17, 15) is 18.3 Å². The Kier molecular flexibility index (Phi) is 3.33. The number of aliphatic hydroxyl groups is 1. The van der Waals surface area contributed by atoms with Gasteiger partial charge >= 0.3 is 6.18 Å². The van der Waals surface area contributed by atoms with E-state index in [2.05, 4.69) is 0 Å². The highest BCUT2D eigenvalue weighted by Gasteiger charge is 2.32. The van der Waals surface area contributed by atoms with E-state index >= 15 is 0 Å². The van der Waals surface area contributed by atoms with Crippen molar-refractivity contribution in [2.45, 2.75) is 39.0 Å². The Hall–Kier alpha value is -1.03. The highest BCUT2D eigenvalue weighted by molar-refractivity contribution is 5.35. The van der Waals surface area contributed by atoms with Crippen molar-refractivity contribution in [3.63, 3.8) is 0 Å². The first-order valence-electron chi connectivity index (χ1n) is 5.09. The van der Waals surface area contributed by atoms with Crippen LogP contribution in [-0.4, -0.2) is 5.11 Å². The van der Waals surface area contributed by atoms with Crippen LogP contribution < -0.4 is 0 Å². The molecule has 0 aromatic heterocycles. The van der Waals surface area contributed by atoms with Gasteiger partial charge in [0.1, 0.15) is 0 Å². The van der Waals surface area contributed by atoms with E-state index in [4.69, 9.17) is 0 Å². The van der Waals surface area contributed by atoms with Crippen molar-refractivity contribution in [2.24, 2.45) is 0 Å². The maximum atomic E-state index is 12.4. The molecule has 0 spiro atoms. The van der Waals surface area contributed by atoms with Crippen molar-refractivity contribution in [3.8, 4) is 0 Å². The lowest BCUT2D eigenvalue weighted by molar-refractivity contribution is -0.137. The van der Waals surface area contributed by atoms with Gasteiger partial charge in [0.05, 0.1) is 11.2 Å². The van der Waals surface area contributed by atoms with E-state index in [0.29, 0.717) is 17.5 Å². The summed E-state index contributed by atoms with van der Waals surface area (Å²) in [6.45, 7) is 4.97. The summed E-state index contributed by atoms with van der Waals surface area (Å²) in [6, 6.07) is 3.42. The molecule has 0 aliphatic carbocycles. The standard InChI is InChI=1S/C12H15F3O/c1-4-11(3,16)10-6-5-9(7-8(10)2)12(13,14)15/h5-7,16H,4H2,1-3H3. The summed E-state index contributed by atoms with van der Waals surface area (Å²) in [5, 5.41) is 9.99. The van der Waals surface area contributed by atoms with Crippen molar-refractivity contribution in [2.75, 3.05) is 0 Å². The van der Waals surface area contributed by atoms with E-state index in [1.54, 1.807) is 20.8 Å². The number of rotatable bonds is 2. The number of aryl methyl sites for hydroxylation is 1. The first-order chi connectivity index (χ1) is 7.18. The summed E-state index contributed by atoms with van der Waals surface area (Å²) < 4.78 is 37.2. The van der Waals surface area contributed by atoms with E-state index in [1.807, 2.05) is 0 Å². The first-order valence-corrected chi connectivity index (χ1v) is 5.09. The molecule has 1 nitrogen and oxygen atoms in total. The van der Waals surface area contributed by atoms with Crippen LogP contribution in [0.4, 0.5) is 13.2 Å². The number of halogens is 3. The molecule has 0 saturated carbocycles. The molecule has 0 aliphatic heterocycles. The number of hydrogen-bond acceptors (Lipinski definition) is 1. The monoisotopic (exact) mass is 232 g/mol. The molecule has 4 heteroatoms.